The highest BCUT2D eigenvalue weighted by atomic mass is 16.5. The summed E-state index contributed by atoms with van der Waals surface area (Å²) in [5.74, 6) is 0. The smallest absolute Gasteiger partial charge is 0.210 e. The fourth-order valence-corrected chi connectivity index (χ4v) is 9.11. The zero-order valence-corrected chi connectivity index (χ0v) is 34.5. The number of nitrogens with zero attached hydrogens (tertiary/aromatic N) is 2. The van der Waals surface area contributed by atoms with Gasteiger partial charge in [-0.05, 0) is 103 Å². The van der Waals surface area contributed by atoms with Crippen LogP contribution in [-0.2, 0) is 29.8 Å². The van der Waals surface area contributed by atoms with Gasteiger partial charge >= 0.3 is 0 Å². The topological polar surface area (TPSA) is 43.2 Å². The Morgan fingerprint density at radius 1 is 0.643 bits per heavy atom. The van der Waals surface area contributed by atoms with Crippen molar-refractivity contribution < 1.29 is 23.5 Å². The molecule has 4 aromatic carbocycles. The lowest BCUT2D eigenvalue weighted by atomic mass is 9.79. The number of fused-ring (bicyclic) bond motifs is 6. The second-order valence-corrected chi connectivity index (χ2v) is 16.1. The van der Waals surface area contributed by atoms with E-state index in [0.29, 0.717) is 52.9 Å². The SMILES string of the molecule is CCOCCOCCN1/C(=C/C=C2C=C(/C=C/C3=[N+](CCOCCOCC)c4ccc5ccccc5c4C3(C)C)CCC/2)C(C)(C)c2c1ccc1ccccc21. The largest absolute Gasteiger partial charge is 0.379 e. The summed E-state index contributed by atoms with van der Waals surface area (Å²) in [6, 6.07) is 26.7. The molecule has 0 aromatic heterocycles. The van der Waals surface area contributed by atoms with Gasteiger partial charge in [0.15, 0.2) is 12.3 Å². The van der Waals surface area contributed by atoms with E-state index in [9.17, 15) is 0 Å². The van der Waals surface area contributed by atoms with Crippen LogP contribution in [0.5, 0.6) is 0 Å². The Kier molecular flexibility index (Phi) is 12.7. The van der Waals surface area contributed by atoms with Crippen molar-refractivity contribution >= 4 is 38.6 Å². The molecule has 0 spiro atoms. The molecule has 0 N–H and O–H groups in total. The van der Waals surface area contributed by atoms with Gasteiger partial charge in [0.05, 0.1) is 38.4 Å². The van der Waals surface area contributed by atoms with Crippen molar-refractivity contribution in [3.63, 3.8) is 0 Å². The number of rotatable bonds is 17. The van der Waals surface area contributed by atoms with E-state index in [0.717, 1.165) is 32.4 Å². The third-order valence-corrected chi connectivity index (χ3v) is 11.8. The molecule has 4 aromatic rings. The minimum atomic E-state index is -0.167. The van der Waals surface area contributed by atoms with E-state index in [1.54, 1.807) is 0 Å². The van der Waals surface area contributed by atoms with Gasteiger partial charge in [-0.1, -0.05) is 86.7 Å². The normalized spacial score (nSPS) is 18.9. The summed E-state index contributed by atoms with van der Waals surface area (Å²) in [6.45, 7) is 20.3. The van der Waals surface area contributed by atoms with Crippen LogP contribution >= 0.6 is 0 Å². The Hall–Kier alpha value is -4.33. The highest BCUT2D eigenvalue weighted by Gasteiger charge is 2.45. The first-order chi connectivity index (χ1) is 27.3. The first kappa shape index (κ1) is 39.9. The zero-order chi connectivity index (χ0) is 39.1. The monoisotopic (exact) mass is 753 g/mol. The molecule has 0 saturated heterocycles. The quantitative estimate of drug-likeness (QED) is 0.0794. The van der Waals surface area contributed by atoms with Gasteiger partial charge in [0.1, 0.15) is 6.61 Å². The molecule has 2 aliphatic heterocycles. The van der Waals surface area contributed by atoms with E-state index in [1.165, 1.54) is 66.6 Å². The first-order valence-corrected chi connectivity index (χ1v) is 20.8. The van der Waals surface area contributed by atoms with Crippen molar-refractivity contribution in [2.75, 3.05) is 70.8 Å². The fourth-order valence-electron chi connectivity index (χ4n) is 9.11. The summed E-state index contributed by atoms with van der Waals surface area (Å²) >= 11 is 0. The summed E-state index contributed by atoms with van der Waals surface area (Å²) in [5, 5.41) is 5.22. The number of allylic oxidation sites excluding steroid dienone is 8. The van der Waals surface area contributed by atoms with E-state index in [2.05, 4.69) is 140 Å². The first-order valence-electron chi connectivity index (χ1n) is 20.8. The molecule has 0 amide bonds. The van der Waals surface area contributed by atoms with Crippen LogP contribution in [0.3, 0.4) is 0 Å². The summed E-state index contributed by atoms with van der Waals surface area (Å²) in [5.41, 5.74) is 10.4. The van der Waals surface area contributed by atoms with Crippen molar-refractivity contribution in [3.05, 3.63) is 131 Å². The molecule has 0 unspecified atom stereocenters. The van der Waals surface area contributed by atoms with Crippen molar-refractivity contribution in [3.8, 4) is 0 Å². The van der Waals surface area contributed by atoms with Gasteiger partial charge in [0, 0.05) is 54.3 Å². The highest BCUT2D eigenvalue weighted by molar-refractivity contribution is 6.07. The summed E-state index contributed by atoms with van der Waals surface area (Å²) in [7, 11) is 0. The van der Waals surface area contributed by atoms with E-state index < -0.39 is 0 Å². The van der Waals surface area contributed by atoms with E-state index >= 15 is 0 Å². The third-order valence-electron chi connectivity index (χ3n) is 11.8. The van der Waals surface area contributed by atoms with Gasteiger partial charge in [-0.2, -0.15) is 4.58 Å². The van der Waals surface area contributed by atoms with Crippen LogP contribution in [0.4, 0.5) is 11.4 Å². The van der Waals surface area contributed by atoms with Crippen LogP contribution in [0.2, 0.25) is 0 Å². The maximum atomic E-state index is 6.06. The van der Waals surface area contributed by atoms with Gasteiger partial charge in [0.2, 0.25) is 5.69 Å². The Labute approximate surface area is 334 Å². The molecule has 0 fully saturated rings. The molecular formula is C50H61N2O4+. The van der Waals surface area contributed by atoms with Crippen molar-refractivity contribution in [2.45, 2.75) is 71.6 Å². The Bertz CT molecular complexity index is 2190. The van der Waals surface area contributed by atoms with Crippen LogP contribution < -0.4 is 4.90 Å². The fraction of sp³-hybridized carbons (Fsp3) is 0.420. The van der Waals surface area contributed by atoms with Crippen LogP contribution in [0, 0.1) is 0 Å². The number of benzene rings is 4. The Morgan fingerprint density at radius 2 is 1.29 bits per heavy atom. The van der Waals surface area contributed by atoms with Gasteiger partial charge in [-0.15, -0.1) is 0 Å². The van der Waals surface area contributed by atoms with Crippen LogP contribution in [0.25, 0.3) is 21.5 Å². The zero-order valence-electron chi connectivity index (χ0n) is 34.5. The van der Waals surface area contributed by atoms with E-state index in [-0.39, 0.29) is 10.8 Å². The van der Waals surface area contributed by atoms with Crippen molar-refractivity contribution in [2.24, 2.45) is 0 Å². The standard InChI is InChI=1S/C50H61N2O4/c1-7-53-32-34-55-30-28-51-43-24-22-39-16-9-11-18-41(39)47(43)49(3,4)45(51)26-20-37-14-13-15-38(36-37)21-27-46-50(5,6)48-42-19-12-10-17-40(42)23-25-44(48)52(46)29-31-56-35-33-54-8-2/h9-12,16-27,36H,7-8,13-15,28-35H2,1-6H3/q+1. The lowest BCUT2D eigenvalue weighted by Gasteiger charge is -2.27. The molecule has 3 aliphatic rings. The maximum absolute atomic E-state index is 6.06. The average molecular weight is 754 g/mol. The van der Waals surface area contributed by atoms with Gasteiger partial charge in [-0.25, -0.2) is 0 Å². The summed E-state index contributed by atoms with van der Waals surface area (Å²) < 4.78 is 25.6. The maximum Gasteiger partial charge on any atom is 0.210 e. The van der Waals surface area contributed by atoms with Crippen molar-refractivity contribution in [1.29, 1.82) is 0 Å². The number of ether oxygens (including phenoxy) is 4. The van der Waals surface area contributed by atoms with E-state index in [4.69, 9.17) is 18.9 Å². The molecule has 0 atom stereocenters. The minimum Gasteiger partial charge on any atom is -0.379 e. The second-order valence-electron chi connectivity index (χ2n) is 16.1. The van der Waals surface area contributed by atoms with Crippen molar-refractivity contribution in [1.82, 2.24) is 0 Å². The number of hydrogen-bond donors (Lipinski definition) is 0. The lowest BCUT2D eigenvalue weighted by molar-refractivity contribution is -0.442. The average Bonchev–Trinajstić information content (AvgIpc) is 3.57. The third kappa shape index (κ3) is 8.22. The second kappa shape index (κ2) is 17.9. The molecule has 2 heterocycles. The molecule has 0 saturated carbocycles. The summed E-state index contributed by atoms with van der Waals surface area (Å²) in [4.78, 5) is 2.49. The molecule has 6 nitrogen and oxygen atoms in total. The molecular weight excluding hydrogens is 693 g/mol. The molecule has 56 heavy (non-hydrogen) atoms. The molecule has 7 rings (SSSR count). The van der Waals surface area contributed by atoms with Gasteiger partial charge in [-0.3, -0.25) is 0 Å². The minimum absolute atomic E-state index is 0.167. The molecule has 294 valence electrons. The summed E-state index contributed by atoms with van der Waals surface area (Å²) in [6.07, 6.45) is 15.2. The molecule has 0 bridgehead atoms. The number of hydrogen-bond acceptors (Lipinski definition) is 5. The van der Waals surface area contributed by atoms with Crippen LogP contribution in [0.15, 0.2) is 120 Å². The number of anilines is 1. The van der Waals surface area contributed by atoms with Crippen LogP contribution in [0.1, 0.15) is 71.9 Å². The Morgan fingerprint density at radius 3 is 2.00 bits per heavy atom. The predicted molar refractivity (Wildman–Crippen MR) is 233 cm³/mol. The van der Waals surface area contributed by atoms with Gasteiger partial charge < -0.3 is 23.8 Å². The van der Waals surface area contributed by atoms with E-state index in [1.807, 2.05) is 13.8 Å². The highest BCUT2D eigenvalue weighted by Crippen LogP contribution is 2.51. The van der Waals surface area contributed by atoms with Gasteiger partial charge in [0.25, 0.3) is 0 Å². The molecule has 0 radical (unpaired) electrons. The molecule has 1 aliphatic carbocycles. The lowest BCUT2D eigenvalue weighted by Crippen LogP contribution is -2.29. The molecule has 6 heteroatoms. The van der Waals surface area contributed by atoms with Crippen LogP contribution in [-0.4, -0.2) is 76.2 Å². The predicted octanol–water partition coefficient (Wildman–Crippen LogP) is 10.7. The Balaban J connectivity index is 1.18.